The first-order valence-electron chi connectivity index (χ1n) is 7.71. The van der Waals surface area contributed by atoms with Crippen LogP contribution in [0.25, 0.3) is 0 Å². The zero-order valence-electron chi connectivity index (χ0n) is 12.8. The Morgan fingerprint density at radius 3 is 2.47 bits per heavy atom. The van der Waals surface area contributed by atoms with Crippen LogP contribution < -0.4 is 5.32 Å². The summed E-state index contributed by atoms with van der Waals surface area (Å²) in [4.78, 5) is 2.28. The highest BCUT2D eigenvalue weighted by atomic mass is 16.5. The van der Waals surface area contributed by atoms with Gasteiger partial charge in [0, 0.05) is 33.3 Å². The Morgan fingerprint density at radius 1 is 1.21 bits per heavy atom. The van der Waals surface area contributed by atoms with E-state index in [1.807, 2.05) is 0 Å². The highest BCUT2D eigenvalue weighted by molar-refractivity contribution is 4.86. The largest absolute Gasteiger partial charge is 0.395 e. The quantitative estimate of drug-likeness (QED) is 0.493. The highest BCUT2D eigenvalue weighted by Crippen LogP contribution is 2.35. The summed E-state index contributed by atoms with van der Waals surface area (Å²) < 4.78 is 5.10. The lowest BCUT2D eigenvalue weighted by molar-refractivity contribution is 0.123. The van der Waals surface area contributed by atoms with Gasteiger partial charge < -0.3 is 20.1 Å². The topological polar surface area (TPSA) is 44.7 Å². The van der Waals surface area contributed by atoms with Crippen LogP contribution in [0.15, 0.2) is 0 Å². The van der Waals surface area contributed by atoms with E-state index in [4.69, 9.17) is 9.84 Å². The fourth-order valence-electron chi connectivity index (χ4n) is 3.22. The molecule has 0 aliphatic heterocycles. The average molecular weight is 272 g/mol. The van der Waals surface area contributed by atoms with E-state index >= 15 is 0 Å². The molecule has 4 heteroatoms. The first kappa shape index (κ1) is 16.9. The van der Waals surface area contributed by atoms with Gasteiger partial charge in [-0.05, 0) is 25.3 Å². The number of aliphatic hydroxyl groups excluding tert-OH is 1. The second-order valence-electron chi connectivity index (χ2n) is 6.05. The van der Waals surface area contributed by atoms with Crippen molar-refractivity contribution in [1.29, 1.82) is 0 Å². The minimum Gasteiger partial charge on any atom is -0.395 e. The van der Waals surface area contributed by atoms with Crippen LogP contribution in [0.1, 0.15) is 38.5 Å². The molecule has 1 fully saturated rings. The van der Waals surface area contributed by atoms with Crippen molar-refractivity contribution < 1.29 is 9.84 Å². The predicted molar refractivity (Wildman–Crippen MR) is 79.5 cm³/mol. The Labute approximate surface area is 118 Å². The molecule has 0 aromatic carbocycles. The Morgan fingerprint density at radius 2 is 1.89 bits per heavy atom. The average Bonchev–Trinajstić information content (AvgIpc) is 2.61. The van der Waals surface area contributed by atoms with Crippen molar-refractivity contribution in [3.8, 4) is 0 Å². The molecule has 0 atom stereocenters. The molecule has 0 saturated heterocycles. The molecule has 0 heterocycles. The number of methoxy groups -OCH3 is 1. The minimum atomic E-state index is 0.254. The van der Waals surface area contributed by atoms with Gasteiger partial charge in [0.25, 0.3) is 0 Å². The molecule has 0 aromatic rings. The lowest BCUT2D eigenvalue weighted by Crippen LogP contribution is -2.44. The third kappa shape index (κ3) is 6.70. The van der Waals surface area contributed by atoms with E-state index < -0.39 is 0 Å². The summed E-state index contributed by atoms with van der Waals surface area (Å²) in [5.74, 6) is 0. The summed E-state index contributed by atoms with van der Waals surface area (Å²) in [7, 11) is 3.87. The Hall–Kier alpha value is -0.160. The van der Waals surface area contributed by atoms with Gasteiger partial charge >= 0.3 is 0 Å². The maximum Gasteiger partial charge on any atom is 0.0587 e. The van der Waals surface area contributed by atoms with Crippen LogP contribution in [0, 0.1) is 5.41 Å². The lowest BCUT2D eigenvalue weighted by atomic mass is 9.79. The third-order valence-electron chi connectivity index (χ3n) is 4.23. The Kier molecular flexibility index (Phi) is 8.62. The van der Waals surface area contributed by atoms with Crippen molar-refractivity contribution in [3.63, 3.8) is 0 Å². The van der Waals surface area contributed by atoms with Gasteiger partial charge in [-0.25, -0.2) is 0 Å². The number of hydrogen-bond acceptors (Lipinski definition) is 4. The summed E-state index contributed by atoms with van der Waals surface area (Å²) in [6.07, 6.45) is 8.07. The van der Waals surface area contributed by atoms with Gasteiger partial charge in [0.1, 0.15) is 0 Å². The number of likely N-dealkylation sites (N-methyl/N-ethyl adjacent to an activating group) is 1. The van der Waals surface area contributed by atoms with Crippen molar-refractivity contribution in [2.45, 2.75) is 38.5 Å². The second-order valence-corrected chi connectivity index (χ2v) is 6.05. The number of nitrogens with zero attached hydrogens (tertiary/aromatic N) is 1. The summed E-state index contributed by atoms with van der Waals surface area (Å²) in [5.41, 5.74) is 0.383. The first-order valence-corrected chi connectivity index (χ1v) is 7.71. The van der Waals surface area contributed by atoms with Gasteiger partial charge in [-0.15, -0.1) is 0 Å². The van der Waals surface area contributed by atoms with Gasteiger partial charge in [0.15, 0.2) is 0 Å². The van der Waals surface area contributed by atoms with Crippen molar-refractivity contribution in [2.24, 2.45) is 5.41 Å². The number of ether oxygens (including phenoxy) is 1. The van der Waals surface area contributed by atoms with Crippen molar-refractivity contribution >= 4 is 0 Å². The SMILES string of the molecule is COCCNCC1(CN(C)CCO)CCCCCC1. The summed E-state index contributed by atoms with van der Waals surface area (Å²) in [5, 5.41) is 12.6. The Bertz CT molecular complexity index is 216. The normalized spacial score (nSPS) is 19.6. The molecule has 0 spiro atoms. The predicted octanol–water partition coefficient (Wildman–Crippen LogP) is 1.49. The van der Waals surface area contributed by atoms with Crippen LogP contribution in [-0.2, 0) is 4.74 Å². The molecule has 1 rings (SSSR count). The van der Waals surface area contributed by atoms with Gasteiger partial charge in [0.2, 0.25) is 0 Å². The van der Waals surface area contributed by atoms with E-state index in [0.29, 0.717) is 5.41 Å². The van der Waals surface area contributed by atoms with Crippen LogP contribution in [-0.4, -0.2) is 63.6 Å². The molecule has 0 radical (unpaired) electrons. The number of aliphatic hydroxyl groups is 1. The smallest absolute Gasteiger partial charge is 0.0587 e. The molecule has 1 aliphatic rings. The monoisotopic (exact) mass is 272 g/mol. The van der Waals surface area contributed by atoms with E-state index in [1.54, 1.807) is 7.11 Å². The summed E-state index contributed by atoms with van der Waals surface area (Å²) in [6, 6.07) is 0. The molecule has 4 nitrogen and oxygen atoms in total. The zero-order valence-corrected chi connectivity index (χ0v) is 12.8. The zero-order chi connectivity index (χ0) is 14.0. The number of rotatable bonds is 9. The molecule has 1 aliphatic carbocycles. The van der Waals surface area contributed by atoms with Crippen LogP contribution in [0.3, 0.4) is 0 Å². The van der Waals surface area contributed by atoms with Crippen LogP contribution >= 0.6 is 0 Å². The van der Waals surface area contributed by atoms with Gasteiger partial charge in [-0.1, -0.05) is 25.7 Å². The summed E-state index contributed by atoms with van der Waals surface area (Å²) >= 11 is 0. The van der Waals surface area contributed by atoms with E-state index in [1.165, 1.54) is 38.5 Å². The molecule has 19 heavy (non-hydrogen) atoms. The van der Waals surface area contributed by atoms with Crippen LogP contribution in [0.4, 0.5) is 0 Å². The molecule has 1 saturated carbocycles. The first-order chi connectivity index (χ1) is 9.22. The molecule has 0 aromatic heterocycles. The van der Waals surface area contributed by atoms with Crippen LogP contribution in [0.5, 0.6) is 0 Å². The van der Waals surface area contributed by atoms with E-state index in [9.17, 15) is 0 Å². The lowest BCUT2D eigenvalue weighted by Gasteiger charge is -2.37. The Balaban J connectivity index is 2.49. The molecule has 0 unspecified atom stereocenters. The van der Waals surface area contributed by atoms with Gasteiger partial charge in [0.05, 0.1) is 13.2 Å². The number of hydrogen-bond donors (Lipinski definition) is 2. The maximum atomic E-state index is 9.08. The van der Waals surface area contributed by atoms with Crippen molar-refractivity contribution in [2.75, 3.05) is 53.6 Å². The minimum absolute atomic E-state index is 0.254. The van der Waals surface area contributed by atoms with Gasteiger partial charge in [-0.2, -0.15) is 0 Å². The molecular weight excluding hydrogens is 240 g/mol. The highest BCUT2D eigenvalue weighted by Gasteiger charge is 2.31. The molecule has 0 bridgehead atoms. The third-order valence-corrected chi connectivity index (χ3v) is 4.23. The van der Waals surface area contributed by atoms with Crippen molar-refractivity contribution in [1.82, 2.24) is 10.2 Å². The number of nitrogens with one attached hydrogen (secondary N) is 1. The summed E-state index contributed by atoms with van der Waals surface area (Å²) in [6.45, 7) is 4.91. The van der Waals surface area contributed by atoms with Gasteiger partial charge in [-0.3, -0.25) is 0 Å². The fraction of sp³-hybridized carbons (Fsp3) is 1.00. The van der Waals surface area contributed by atoms with E-state index in [0.717, 1.165) is 32.8 Å². The maximum absolute atomic E-state index is 9.08. The fourth-order valence-corrected chi connectivity index (χ4v) is 3.22. The van der Waals surface area contributed by atoms with E-state index in [2.05, 4.69) is 17.3 Å². The second kappa shape index (κ2) is 9.70. The molecular formula is C15H32N2O2. The molecule has 0 amide bonds. The molecule has 114 valence electrons. The molecule has 2 N–H and O–H groups in total. The van der Waals surface area contributed by atoms with E-state index in [-0.39, 0.29) is 6.61 Å². The van der Waals surface area contributed by atoms with Crippen molar-refractivity contribution in [3.05, 3.63) is 0 Å². The van der Waals surface area contributed by atoms with Crippen LogP contribution in [0.2, 0.25) is 0 Å². The standard InChI is InChI=1S/C15H32N2O2/c1-17(10-11-18)14-15(13-16-9-12-19-2)7-5-3-4-6-8-15/h16,18H,3-14H2,1-2H3.